The summed E-state index contributed by atoms with van der Waals surface area (Å²) >= 11 is 6.60. The molecule has 2 aromatic rings. The van der Waals surface area contributed by atoms with Gasteiger partial charge in [-0.1, -0.05) is 41.9 Å². The van der Waals surface area contributed by atoms with Crippen LogP contribution >= 0.6 is 11.6 Å². The Labute approximate surface area is 258 Å². The minimum Gasteiger partial charge on any atom is -0.484 e. The van der Waals surface area contributed by atoms with Crippen molar-refractivity contribution in [3.8, 4) is 5.75 Å². The maximum atomic E-state index is 13.8. The third-order valence-electron chi connectivity index (χ3n) is 7.99. The van der Waals surface area contributed by atoms with Gasteiger partial charge in [0.15, 0.2) is 0 Å². The summed E-state index contributed by atoms with van der Waals surface area (Å²) in [4.78, 5) is 47.8. The van der Waals surface area contributed by atoms with Gasteiger partial charge in [-0.15, -0.1) is 0 Å². The summed E-state index contributed by atoms with van der Waals surface area (Å²) in [6, 6.07) is 12.2. The number of ether oxygens (including phenoxy) is 2. The zero-order valence-electron chi connectivity index (χ0n) is 24.2. The van der Waals surface area contributed by atoms with Gasteiger partial charge in [0.2, 0.25) is 18.0 Å². The van der Waals surface area contributed by atoms with E-state index in [4.69, 9.17) is 21.1 Å². The van der Waals surface area contributed by atoms with Crippen molar-refractivity contribution in [2.24, 2.45) is 10.9 Å². The Bertz CT molecular complexity index is 1410. The Hall–Kier alpha value is -3.64. The molecule has 44 heavy (non-hydrogen) atoms. The summed E-state index contributed by atoms with van der Waals surface area (Å²) in [5.41, 5.74) is 1.89. The normalized spacial score (nSPS) is 19.8. The quantitative estimate of drug-likeness (QED) is 0.430. The Kier molecular flexibility index (Phi) is 9.79. The largest absolute Gasteiger partial charge is 0.484 e. The van der Waals surface area contributed by atoms with Gasteiger partial charge in [0.1, 0.15) is 11.9 Å². The van der Waals surface area contributed by atoms with Crippen LogP contribution in [0.1, 0.15) is 49.7 Å². The molecule has 0 spiro atoms. The number of benzene rings is 2. The Morgan fingerprint density at radius 1 is 1.14 bits per heavy atom. The third-order valence-corrected chi connectivity index (χ3v) is 8.29. The van der Waals surface area contributed by atoms with Crippen molar-refractivity contribution < 1.29 is 37.0 Å². The molecule has 0 aromatic heterocycles. The lowest BCUT2D eigenvalue weighted by atomic mass is 9.96. The summed E-state index contributed by atoms with van der Waals surface area (Å²) in [6.45, 7) is 1.82. The monoisotopic (exact) mass is 634 g/mol. The molecule has 0 saturated carbocycles. The second-order valence-corrected chi connectivity index (χ2v) is 11.6. The van der Waals surface area contributed by atoms with E-state index in [-0.39, 0.29) is 17.0 Å². The number of anilines is 1. The first-order valence-corrected chi connectivity index (χ1v) is 15.0. The molecule has 236 valence electrons. The molecule has 2 fully saturated rings. The molecule has 5 rings (SSSR count). The van der Waals surface area contributed by atoms with Crippen LogP contribution in [0.2, 0.25) is 5.02 Å². The number of nitrogens with one attached hydrogen (secondary N) is 1. The van der Waals surface area contributed by atoms with E-state index in [1.807, 2.05) is 6.07 Å². The van der Waals surface area contributed by atoms with Crippen LogP contribution in [0.25, 0.3) is 0 Å². The predicted octanol–water partition coefficient (Wildman–Crippen LogP) is 4.74. The fourth-order valence-electron chi connectivity index (χ4n) is 5.44. The molecule has 13 heteroatoms. The number of benzodiazepines with no additional fused rings is 1. The lowest BCUT2D eigenvalue weighted by Gasteiger charge is -2.29. The highest BCUT2D eigenvalue weighted by Gasteiger charge is 2.37. The van der Waals surface area contributed by atoms with Crippen LogP contribution in [0.3, 0.4) is 0 Å². The van der Waals surface area contributed by atoms with E-state index in [1.54, 1.807) is 41.3 Å². The van der Waals surface area contributed by atoms with Crippen LogP contribution < -0.4 is 15.0 Å². The number of likely N-dealkylation sites (tertiary alicyclic amines) is 1. The van der Waals surface area contributed by atoms with Crippen LogP contribution in [-0.4, -0.2) is 80.1 Å². The first-order chi connectivity index (χ1) is 21.0. The fraction of sp³-hybridized carbons (Fsp3) is 0.484. The van der Waals surface area contributed by atoms with Gasteiger partial charge in [-0.05, 0) is 31.7 Å². The summed E-state index contributed by atoms with van der Waals surface area (Å²) in [5.74, 6) is -2.81. The first kappa shape index (κ1) is 31.8. The number of alkyl halides is 3. The van der Waals surface area contributed by atoms with Crippen molar-refractivity contribution in [1.29, 1.82) is 0 Å². The van der Waals surface area contributed by atoms with Gasteiger partial charge < -0.3 is 24.6 Å². The SMILES string of the molecule is CN1C(=O)[C@@H](NC(=O)[C@H](CCC(F)(F)F)CC(=O)N2CCCCC2)N=C(c2ccccc2)c2cc(Cl)c(OC3COC3)cc21. The van der Waals surface area contributed by atoms with Gasteiger partial charge in [-0.25, -0.2) is 4.99 Å². The summed E-state index contributed by atoms with van der Waals surface area (Å²) in [7, 11) is 1.51. The van der Waals surface area contributed by atoms with Crippen molar-refractivity contribution in [2.75, 3.05) is 38.3 Å². The summed E-state index contributed by atoms with van der Waals surface area (Å²) in [5, 5.41) is 2.84. The van der Waals surface area contributed by atoms with Gasteiger partial charge in [-0.2, -0.15) is 13.2 Å². The molecule has 2 aromatic carbocycles. The summed E-state index contributed by atoms with van der Waals surface area (Å²) < 4.78 is 50.8. The lowest BCUT2D eigenvalue weighted by molar-refractivity contribution is -0.146. The van der Waals surface area contributed by atoms with E-state index in [0.717, 1.165) is 19.3 Å². The molecule has 3 aliphatic rings. The average molecular weight is 635 g/mol. The molecule has 3 heterocycles. The number of carbonyl (C=O) groups is 3. The van der Waals surface area contributed by atoms with Gasteiger partial charge in [0.25, 0.3) is 5.91 Å². The number of rotatable bonds is 9. The number of fused-ring (bicyclic) bond motifs is 1. The highest BCUT2D eigenvalue weighted by molar-refractivity contribution is 6.33. The van der Waals surface area contributed by atoms with E-state index < -0.39 is 49.3 Å². The molecule has 0 unspecified atom stereocenters. The molecule has 1 N–H and O–H groups in total. The van der Waals surface area contributed by atoms with E-state index >= 15 is 0 Å². The number of hydrogen-bond acceptors (Lipinski definition) is 6. The number of amides is 3. The minimum atomic E-state index is -4.52. The van der Waals surface area contributed by atoms with Gasteiger partial charge in [0, 0.05) is 56.1 Å². The van der Waals surface area contributed by atoms with Crippen molar-refractivity contribution in [3.05, 3.63) is 58.6 Å². The van der Waals surface area contributed by atoms with E-state index in [2.05, 4.69) is 10.3 Å². The molecule has 0 aliphatic carbocycles. The number of hydrogen-bond donors (Lipinski definition) is 1. The van der Waals surface area contributed by atoms with Gasteiger partial charge in [0.05, 0.1) is 29.6 Å². The van der Waals surface area contributed by atoms with Crippen LogP contribution in [0.5, 0.6) is 5.75 Å². The maximum Gasteiger partial charge on any atom is 0.389 e. The molecule has 3 aliphatic heterocycles. The van der Waals surface area contributed by atoms with Crippen molar-refractivity contribution in [1.82, 2.24) is 10.2 Å². The second kappa shape index (κ2) is 13.6. The lowest BCUT2D eigenvalue weighted by Crippen LogP contribution is -2.48. The number of carbonyl (C=O) groups excluding carboxylic acids is 3. The molecular formula is C31H34ClF3N4O5. The second-order valence-electron chi connectivity index (χ2n) is 11.2. The standard InChI is InChI=1S/C31H34ClF3N4O5/c1-38-24-16-25(44-21-17-43-18-21)23(32)15-22(24)27(19-8-4-2-5-9-19)36-28(30(38)42)37-29(41)20(10-11-31(33,34)35)14-26(40)39-12-6-3-7-13-39/h2,4-5,8-9,15-16,20-21,28H,3,6-7,10-14,17-18H2,1H3,(H,37,41)/t20-,28-/m1/s1. The van der Waals surface area contributed by atoms with Crippen molar-refractivity contribution in [2.45, 2.75) is 57.0 Å². The van der Waals surface area contributed by atoms with Gasteiger partial charge >= 0.3 is 6.18 Å². The molecule has 3 amide bonds. The molecular weight excluding hydrogens is 601 g/mol. The third kappa shape index (κ3) is 7.52. The van der Waals surface area contributed by atoms with Crippen LogP contribution in [-0.2, 0) is 19.1 Å². The Morgan fingerprint density at radius 3 is 2.48 bits per heavy atom. The van der Waals surface area contributed by atoms with Crippen molar-refractivity contribution >= 4 is 40.7 Å². The van der Waals surface area contributed by atoms with Crippen LogP contribution in [0, 0.1) is 5.92 Å². The van der Waals surface area contributed by atoms with Crippen LogP contribution in [0.15, 0.2) is 47.5 Å². The first-order valence-electron chi connectivity index (χ1n) is 14.6. The average Bonchev–Trinajstić information content (AvgIpc) is 3.07. The zero-order valence-corrected chi connectivity index (χ0v) is 25.0. The van der Waals surface area contributed by atoms with Gasteiger partial charge in [-0.3, -0.25) is 14.4 Å². The Balaban J connectivity index is 1.45. The molecule has 9 nitrogen and oxygen atoms in total. The smallest absolute Gasteiger partial charge is 0.389 e. The summed E-state index contributed by atoms with van der Waals surface area (Å²) in [6.07, 6.45) is -5.84. The number of aliphatic imine (C=N–C) groups is 1. The number of piperidine rings is 1. The predicted molar refractivity (Wildman–Crippen MR) is 158 cm³/mol. The van der Waals surface area contributed by atoms with E-state index in [1.165, 1.54) is 11.9 Å². The fourth-order valence-corrected chi connectivity index (χ4v) is 5.65. The molecule has 0 bridgehead atoms. The van der Waals surface area contributed by atoms with Crippen LogP contribution in [0.4, 0.5) is 18.9 Å². The molecule has 2 atom stereocenters. The topological polar surface area (TPSA) is 101 Å². The number of halogens is 4. The molecule has 2 saturated heterocycles. The highest BCUT2D eigenvalue weighted by atomic mass is 35.5. The van der Waals surface area contributed by atoms with E-state index in [9.17, 15) is 27.6 Å². The highest BCUT2D eigenvalue weighted by Crippen LogP contribution is 2.37. The maximum absolute atomic E-state index is 13.8. The molecule has 0 radical (unpaired) electrons. The van der Waals surface area contributed by atoms with E-state index in [0.29, 0.717) is 54.6 Å². The number of nitrogens with zero attached hydrogens (tertiary/aromatic N) is 3. The number of likely N-dealkylation sites (N-methyl/N-ethyl adjacent to an activating group) is 1. The Morgan fingerprint density at radius 2 is 1.84 bits per heavy atom. The minimum absolute atomic E-state index is 0.187. The van der Waals surface area contributed by atoms with Crippen molar-refractivity contribution in [3.63, 3.8) is 0 Å². The zero-order chi connectivity index (χ0) is 31.4.